The van der Waals surface area contributed by atoms with Crippen molar-refractivity contribution in [2.45, 2.75) is 105 Å². The van der Waals surface area contributed by atoms with Gasteiger partial charge < -0.3 is 31.1 Å². The first-order valence-electron chi connectivity index (χ1n) is 14.7. The molecule has 3 atom stereocenters. The lowest BCUT2D eigenvalue weighted by atomic mass is 9.95. The number of carbonyl (C=O) groups is 4. The smallest absolute Gasteiger partial charge is 0.408 e. The number of nitrogens with two attached hydrogens (primary N) is 1. The van der Waals surface area contributed by atoms with Gasteiger partial charge in [-0.3, -0.25) is 14.4 Å². The Morgan fingerprint density at radius 3 is 2.02 bits per heavy atom. The summed E-state index contributed by atoms with van der Waals surface area (Å²) < 4.78 is 5.36. The van der Waals surface area contributed by atoms with Crippen LogP contribution >= 0.6 is 0 Å². The summed E-state index contributed by atoms with van der Waals surface area (Å²) in [6.07, 6.45) is -0.178. The van der Waals surface area contributed by atoms with E-state index in [0.29, 0.717) is 23.6 Å². The number of nitrogens with one attached hydrogen (secondary N) is 2. The maximum Gasteiger partial charge on any atom is 0.408 e. The minimum atomic E-state index is -1.42. The van der Waals surface area contributed by atoms with Gasteiger partial charge in [0.25, 0.3) is 5.91 Å². The van der Waals surface area contributed by atoms with Crippen LogP contribution in [0.1, 0.15) is 89.1 Å². The number of hydrogen-bond acceptors (Lipinski definition) is 6. The number of nitrogens with zero attached hydrogens (tertiary/aromatic N) is 1. The molecule has 0 radical (unpaired) electrons. The molecule has 10 nitrogen and oxygen atoms in total. The van der Waals surface area contributed by atoms with E-state index in [1.165, 1.54) is 4.90 Å². The van der Waals surface area contributed by atoms with Gasteiger partial charge in [-0.05, 0) is 83.9 Å². The number of alkyl carbamates (subject to hydrolysis) is 1. The third-order valence-electron chi connectivity index (χ3n) is 7.10. The van der Waals surface area contributed by atoms with Gasteiger partial charge in [0.1, 0.15) is 23.4 Å². The molecule has 2 aromatic rings. The molecular weight excluding hydrogens is 548 g/mol. The van der Waals surface area contributed by atoms with Gasteiger partial charge in [0.05, 0.1) is 6.42 Å². The van der Waals surface area contributed by atoms with Crippen LogP contribution in [0.2, 0.25) is 0 Å². The molecule has 2 rings (SSSR count). The number of phenols is 1. The summed E-state index contributed by atoms with van der Waals surface area (Å²) >= 11 is 0. The molecule has 0 aliphatic carbocycles. The monoisotopic (exact) mass is 596 g/mol. The SMILES string of the molecule is Cc1cccc(C(C(=O)Nc2c(C)cccc2C)N(C(=O)C(CC(N)=O)NC(=O)OC(C)(C)C)C(C)CCC(C)C)c1O. The standard InChI is InChI=1S/C33H48N4O6/c1-19(2)16-17-23(6)37(31(41)25(18-26(34)38)35-32(42)43-33(7,8)9)28(24-15-11-14-22(5)29(24)39)30(40)36-27-20(3)12-10-13-21(27)4/h10-15,19,23,25,28,39H,16-18H2,1-9H3,(H2,34,38)(H,35,42)(H,36,40). The minimum absolute atomic E-state index is 0.135. The molecule has 4 amide bonds. The van der Waals surface area contributed by atoms with Crippen molar-refractivity contribution >= 4 is 29.5 Å². The van der Waals surface area contributed by atoms with E-state index in [2.05, 4.69) is 24.5 Å². The van der Waals surface area contributed by atoms with Crippen molar-refractivity contribution in [2.75, 3.05) is 5.32 Å². The van der Waals surface area contributed by atoms with E-state index >= 15 is 0 Å². The predicted octanol–water partition coefficient (Wildman–Crippen LogP) is 5.42. The number of aromatic hydroxyl groups is 1. The van der Waals surface area contributed by atoms with Gasteiger partial charge >= 0.3 is 6.09 Å². The van der Waals surface area contributed by atoms with Crippen LogP contribution in [-0.2, 0) is 19.1 Å². The Labute approximate surface area is 255 Å². The van der Waals surface area contributed by atoms with Gasteiger partial charge in [-0.2, -0.15) is 0 Å². The molecule has 10 heteroatoms. The first-order chi connectivity index (χ1) is 19.9. The average Bonchev–Trinajstić information content (AvgIpc) is 2.87. The lowest BCUT2D eigenvalue weighted by molar-refractivity contribution is -0.144. The number of hydrogen-bond donors (Lipinski definition) is 4. The van der Waals surface area contributed by atoms with Crippen LogP contribution in [0.15, 0.2) is 36.4 Å². The molecular formula is C33H48N4O6. The number of rotatable bonds is 12. The van der Waals surface area contributed by atoms with E-state index in [1.807, 2.05) is 32.0 Å². The van der Waals surface area contributed by atoms with Crippen LogP contribution in [0, 0.1) is 26.7 Å². The highest BCUT2D eigenvalue weighted by Crippen LogP contribution is 2.36. The fourth-order valence-corrected chi connectivity index (χ4v) is 4.87. The summed E-state index contributed by atoms with van der Waals surface area (Å²) in [6.45, 7) is 16.4. The molecule has 0 aliphatic rings. The van der Waals surface area contributed by atoms with E-state index in [4.69, 9.17) is 10.5 Å². The maximum atomic E-state index is 14.5. The van der Waals surface area contributed by atoms with Crippen molar-refractivity contribution in [3.8, 4) is 5.75 Å². The summed E-state index contributed by atoms with van der Waals surface area (Å²) in [5.41, 5.74) is 7.62. The van der Waals surface area contributed by atoms with Crippen molar-refractivity contribution in [1.29, 1.82) is 0 Å². The van der Waals surface area contributed by atoms with E-state index in [0.717, 1.165) is 17.5 Å². The van der Waals surface area contributed by atoms with Crippen LogP contribution in [0.4, 0.5) is 10.5 Å². The highest BCUT2D eigenvalue weighted by molar-refractivity contribution is 6.01. The Bertz CT molecular complexity index is 1300. The van der Waals surface area contributed by atoms with Crippen LogP contribution < -0.4 is 16.4 Å². The molecule has 3 unspecified atom stereocenters. The molecule has 0 heterocycles. The van der Waals surface area contributed by atoms with Crippen molar-refractivity contribution in [2.24, 2.45) is 11.7 Å². The number of carbonyl (C=O) groups excluding carboxylic acids is 4. The average molecular weight is 597 g/mol. The number of para-hydroxylation sites is 2. The molecule has 0 fully saturated rings. The zero-order valence-corrected chi connectivity index (χ0v) is 26.9. The Kier molecular flexibility index (Phi) is 12.2. The Balaban J connectivity index is 2.74. The second-order valence-corrected chi connectivity index (χ2v) is 12.6. The maximum absolute atomic E-state index is 14.5. The summed E-state index contributed by atoms with van der Waals surface area (Å²) in [5, 5.41) is 16.7. The zero-order chi connectivity index (χ0) is 32.6. The largest absolute Gasteiger partial charge is 0.507 e. The molecule has 5 N–H and O–H groups in total. The van der Waals surface area contributed by atoms with Crippen molar-refractivity contribution < 1.29 is 29.0 Å². The molecule has 0 spiro atoms. The molecule has 236 valence electrons. The highest BCUT2D eigenvalue weighted by Gasteiger charge is 2.40. The van der Waals surface area contributed by atoms with Crippen LogP contribution in [0.3, 0.4) is 0 Å². The normalized spacial score (nSPS) is 13.5. The van der Waals surface area contributed by atoms with Gasteiger partial charge in [-0.25, -0.2) is 4.79 Å². The lowest BCUT2D eigenvalue weighted by Crippen LogP contribution is -2.56. The van der Waals surface area contributed by atoms with Crippen molar-refractivity contribution in [3.63, 3.8) is 0 Å². The summed E-state index contributed by atoms with van der Waals surface area (Å²) in [6, 6.07) is 7.33. The number of amides is 4. The third-order valence-corrected chi connectivity index (χ3v) is 7.10. The third kappa shape index (κ3) is 10.0. The summed E-state index contributed by atoms with van der Waals surface area (Å²) in [4.78, 5) is 55.0. The van der Waals surface area contributed by atoms with Gasteiger partial charge in [-0.15, -0.1) is 0 Å². The molecule has 0 saturated carbocycles. The molecule has 0 bridgehead atoms. The number of primary amides is 1. The fraction of sp³-hybridized carbons (Fsp3) is 0.515. The minimum Gasteiger partial charge on any atom is -0.507 e. The summed E-state index contributed by atoms with van der Waals surface area (Å²) in [7, 11) is 0. The molecule has 0 saturated heterocycles. The Morgan fingerprint density at radius 1 is 0.930 bits per heavy atom. The first kappa shape index (κ1) is 35.1. The topological polar surface area (TPSA) is 151 Å². The second-order valence-electron chi connectivity index (χ2n) is 12.6. The first-order valence-corrected chi connectivity index (χ1v) is 14.7. The molecule has 2 aromatic carbocycles. The number of aryl methyl sites for hydroxylation is 3. The van der Waals surface area contributed by atoms with Gasteiger partial charge in [0.2, 0.25) is 11.8 Å². The Morgan fingerprint density at radius 2 is 1.49 bits per heavy atom. The lowest BCUT2D eigenvalue weighted by Gasteiger charge is -2.39. The number of anilines is 1. The number of benzene rings is 2. The second kappa shape index (κ2) is 14.9. The summed E-state index contributed by atoms with van der Waals surface area (Å²) in [5.74, 6) is -1.92. The van der Waals surface area contributed by atoms with E-state index in [9.17, 15) is 24.3 Å². The molecule has 0 aliphatic heterocycles. The Hall–Kier alpha value is -4.08. The quantitative estimate of drug-likeness (QED) is 0.257. The van der Waals surface area contributed by atoms with Crippen molar-refractivity contribution in [3.05, 3.63) is 58.7 Å². The van der Waals surface area contributed by atoms with E-state index in [1.54, 1.807) is 52.8 Å². The van der Waals surface area contributed by atoms with E-state index < -0.39 is 54.0 Å². The fourth-order valence-electron chi connectivity index (χ4n) is 4.87. The van der Waals surface area contributed by atoms with Gasteiger partial charge in [0.15, 0.2) is 0 Å². The van der Waals surface area contributed by atoms with Crippen LogP contribution in [0.25, 0.3) is 0 Å². The number of ether oxygens (including phenoxy) is 1. The van der Waals surface area contributed by atoms with Gasteiger partial charge in [0, 0.05) is 17.3 Å². The van der Waals surface area contributed by atoms with Gasteiger partial charge in [-0.1, -0.05) is 50.2 Å². The molecule has 43 heavy (non-hydrogen) atoms. The highest BCUT2D eigenvalue weighted by atomic mass is 16.6. The van der Waals surface area contributed by atoms with Crippen LogP contribution in [0.5, 0.6) is 5.75 Å². The van der Waals surface area contributed by atoms with Crippen LogP contribution in [-0.4, -0.2) is 51.5 Å². The van der Waals surface area contributed by atoms with Crippen molar-refractivity contribution in [1.82, 2.24) is 10.2 Å². The zero-order valence-electron chi connectivity index (χ0n) is 26.9. The molecule has 0 aromatic heterocycles. The number of phenolic OH excluding ortho intramolecular Hbond substituents is 1. The predicted molar refractivity (Wildman–Crippen MR) is 167 cm³/mol. The van der Waals surface area contributed by atoms with E-state index in [-0.39, 0.29) is 11.3 Å².